The molecule has 0 N–H and O–H groups in total. The molecule has 2 saturated heterocycles. The molecule has 0 spiro atoms. The Hall–Kier alpha value is -1.90. The van der Waals surface area contributed by atoms with Crippen molar-refractivity contribution in [3.8, 4) is 0 Å². The second kappa shape index (κ2) is 9.76. The molecule has 2 aromatic rings. The maximum absolute atomic E-state index is 14.0. The predicted molar refractivity (Wildman–Crippen MR) is 119 cm³/mol. The third kappa shape index (κ3) is 5.12. The minimum Gasteiger partial charge on any atom is -0.379 e. The van der Waals surface area contributed by atoms with E-state index < -0.39 is 25.9 Å². The van der Waals surface area contributed by atoms with Gasteiger partial charge in [-0.25, -0.2) is 21.2 Å². The van der Waals surface area contributed by atoms with Gasteiger partial charge in [-0.15, -0.1) is 11.3 Å². The molecule has 1 aromatic carbocycles. The van der Waals surface area contributed by atoms with Crippen molar-refractivity contribution in [2.75, 3.05) is 52.5 Å². The minimum atomic E-state index is -3.98. The summed E-state index contributed by atoms with van der Waals surface area (Å²) in [6, 6.07) is 8.35. The maximum atomic E-state index is 14.0. The number of hydrogen-bond acceptors (Lipinski definition) is 7. The van der Waals surface area contributed by atoms with Crippen LogP contribution in [-0.4, -0.2) is 88.7 Å². The van der Waals surface area contributed by atoms with Crippen LogP contribution in [0.5, 0.6) is 0 Å². The molecule has 9 nitrogen and oxygen atoms in total. The second-order valence-corrected chi connectivity index (χ2v) is 12.9. The van der Waals surface area contributed by atoms with Gasteiger partial charge in [-0.1, -0.05) is 12.1 Å². The lowest BCUT2D eigenvalue weighted by molar-refractivity contribution is -0.131. The first kappa shape index (κ1) is 24.2. The zero-order valence-electron chi connectivity index (χ0n) is 17.7. The van der Waals surface area contributed by atoms with Gasteiger partial charge < -0.3 is 9.64 Å². The van der Waals surface area contributed by atoms with Gasteiger partial charge in [0.05, 0.1) is 19.6 Å². The van der Waals surface area contributed by atoms with Crippen LogP contribution < -0.4 is 0 Å². The average molecular weight is 518 g/mol. The molecule has 2 aliphatic rings. The Kier molecular flexibility index (Phi) is 7.17. The summed E-state index contributed by atoms with van der Waals surface area (Å²) in [5.74, 6) is -1.02. The number of thiophene rings is 1. The molecule has 3 heterocycles. The Labute approximate surface area is 196 Å². The van der Waals surface area contributed by atoms with Crippen LogP contribution in [0.15, 0.2) is 45.5 Å². The fraction of sp³-hybridized carbons (Fsp3) is 0.450. The maximum Gasteiger partial charge on any atom is 0.252 e. The van der Waals surface area contributed by atoms with Crippen molar-refractivity contribution in [3.05, 3.63) is 47.1 Å². The summed E-state index contributed by atoms with van der Waals surface area (Å²) in [4.78, 5) is 14.5. The Morgan fingerprint density at radius 1 is 0.879 bits per heavy atom. The van der Waals surface area contributed by atoms with Gasteiger partial charge in [-0.2, -0.15) is 8.61 Å². The van der Waals surface area contributed by atoms with Crippen LogP contribution in [0.3, 0.4) is 0 Å². The van der Waals surface area contributed by atoms with Crippen LogP contribution in [0.4, 0.5) is 4.39 Å². The Morgan fingerprint density at radius 2 is 1.52 bits per heavy atom. The number of nitrogens with zero attached hydrogens (tertiary/aromatic N) is 3. The first-order valence-corrected chi connectivity index (χ1v) is 14.1. The number of ether oxygens (including phenoxy) is 1. The molecule has 33 heavy (non-hydrogen) atoms. The van der Waals surface area contributed by atoms with Gasteiger partial charge in [0.2, 0.25) is 15.9 Å². The van der Waals surface area contributed by atoms with Gasteiger partial charge in [0.1, 0.15) is 14.9 Å². The van der Waals surface area contributed by atoms with Crippen LogP contribution in [-0.2, 0) is 36.0 Å². The summed E-state index contributed by atoms with van der Waals surface area (Å²) in [5.41, 5.74) is 0. The summed E-state index contributed by atoms with van der Waals surface area (Å²) in [7, 11) is -7.59. The lowest BCUT2D eigenvalue weighted by atomic mass is 10.3. The number of rotatable bonds is 6. The summed E-state index contributed by atoms with van der Waals surface area (Å²) in [5, 5.41) is 0. The number of amides is 1. The molecule has 0 saturated carbocycles. The molecule has 180 valence electrons. The van der Waals surface area contributed by atoms with Gasteiger partial charge in [0.25, 0.3) is 10.0 Å². The molecule has 0 atom stereocenters. The lowest BCUT2D eigenvalue weighted by Gasteiger charge is -2.34. The number of piperazine rings is 1. The van der Waals surface area contributed by atoms with Crippen molar-refractivity contribution < 1.29 is 30.8 Å². The number of morpholine rings is 1. The number of benzene rings is 1. The van der Waals surface area contributed by atoms with E-state index in [1.165, 1.54) is 32.9 Å². The molecule has 1 aromatic heterocycles. The highest BCUT2D eigenvalue weighted by Gasteiger charge is 2.32. The van der Waals surface area contributed by atoms with Crippen molar-refractivity contribution in [1.82, 2.24) is 13.5 Å². The SMILES string of the molecule is O=C(Cc1ccc(S(=O)(=O)N2CCOCC2)s1)N1CCN(S(=O)(=O)c2ccccc2F)CC1. The average Bonchev–Trinajstić information content (AvgIpc) is 3.29. The van der Waals surface area contributed by atoms with Gasteiger partial charge in [0, 0.05) is 44.1 Å². The number of sulfonamides is 2. The van der Waals surface area contributed by atoms with Crippen LogP contribution in [0.2, 0.25) is 0 Å². The smallest absolute Gasteiger partial charge is 0.252 e. The highest BCUT2D eigenvalue weighted by atomic mass is 32.2. The third-order valence-electron chi connectivity index (χ3n) is 5.57. The summed E-state index contributed by atoms with van der Waals surface area (Å²) < 4.78 is 72.9. The van der Waals surface area contributed by atoms with E-state index in [1.807, 2.05) is 0 Å². The molecule has 1 amide bonds. The molecule has 13 heteroatoms. The number of halogens is 1. The van der Waals surface area contributed by atoms with Crippen molar-refractivity contribution in [1.29, 1.82) is 0 Å². The molecule has 0 radical (unpaired) electrons. The summed E-state index contributed by atoms with van der Waals surface area (Å²) in [6.07, 6.45) is 0.0311. The predicted octanol–water partition coefficient (Wildman–Crippen LogP) is 0.984. The van der Waals surface area contributed by atoms with E-state index in [1.54, 1.807) is 11.0 Å². The van der Waals surface area contributed by atoms with E-state index in [0.717, 1.165) is 17.4 Å². The van der Waals surface area contributed by atoms with E-state index >= 15 is 0 Å². The first-order valence-electron chi connectivity index (χ1n) is 10.4. The molecule has 2 aliphatic heterocycles. The molecule has 4 rings (SSSR count). The Bertz CT molecular complexity index is 1220. The van der Waals surface area contributed by atoms with Crippen LogP contribution in [0.25, 0.3) is 0 Å². The minimum absolute atomic E-state index is 0.0311. The van der Waals surface area contributed by atoms with Crippen LogP contribution in [0.1, 0.15) is 4.88 Å². The standard InChI is InChI=1S/C20H24FN3O6S3/c21-17-3-1-2-4-18(17)32(26,27)23-9-7-22(8-10-23)19(25)15-16-5-6-20(31-16)33(28,29)24-11-13-30-14-12-24/h1-6H,7-15H2. The van der Waals surface area contributed by atoms with E-state index in [0.29, 0.717) is 31.2 Å². The fourth-order valence-electron chi connectivity index (χ4n) is 3.74. The van der Waals surface area contributed by atoms with Crippen molar-refractivity contribution in [2.24, 2.45) is 0 Å². The van der Waals surface area contributed by atoms with Crippen molar-refractivity contribution >= 4 is 37.3 Å². The molecular weight excluding hydrogens is 493 g/mol. The first-order chi connectivity index (χ1) is 15.7. The van der Waals surface area contributed by atoms with Gasteiger partial charge >= 0.3 is 0 Å². The van der Waals surface area contributed by atoms with Gasteiger partial charge in [0.15, 0.2) is 0 Å². The van der Waals surface area contributed by atoms with Gasteiger partial charge in [-0.3, -0.25) is 4.79 Å². The number of carbonyl (C=O) groups is 1. The topological polar surface area (TPSA) is 104 Å². The van der Waals surface area contributed by atoms with Crippen LogP contribution >= 0.6 is 11.3 Å². The molecule has 0 bridgehead atoms. The summed E-state index contributed by atoms with van der Waals surface area (Å²) >= 11 is 1.06. The lowest BCUT2D eigenvalue weighted by Crippen LogP contribution is -2.50. The largest absolute Gasteiger partial charge is 0.379 e. The zero-order valence-corrected chi connectivity index (χ0v) is 20.2. The molecule has 0 aliphatic carbocycles. The van der Waals surface area contributed by atoms with Crippen molar-refractivity contribution in [2.45, 2.75) is 15.5 Å². The third-order valence-corrected chi connectivity index (χ3v) is 11.0. The van der Waals surface area contributed by atoms with E-state index in [9.17, 15) is 26.0 Å². The Morgan fingerprint density at radius 3 is 2.18 bits per heavy atom. The van der Waals surface area contributed by atoms with E-state index in [-0.39, 0.29) is 47.6 Å². The van der Waals surface area contributed by atoms with E-state index in [2.05, 4.69) is 0 Å². The quantitative estimate of drug-likeness (QED) is 0.566. The molecular formula is C20H24FN3O6S3. The normalized spacial score (nSPS) is 19.0. The van der Waals surface area contributed by atoms with Crippen molar-refractivity contribution in [3.63, 3.8) is 0 Å². The van der Waals surface area contributed by atoms with Crippen LogP contribution in [0, 0.1) is 5.82 Å². The van der Waals surface area contributed by atoms with E-state index in [4.69, 9.17) is 4.74 Å². The monoisotopic (exact) mass is 517 g/mol. The molecule has 0 unspecified atom stereocenters. The highest BCUT2D eigenvalue weighted by Crippen LogP contribution is 2.27. The Balaban J connectivity index is 1.36. The number of hydrogen-bond donors (Lipinski definition) is 0. The zero-order chi connectivity index (χ0) is 23.6. The highest BCUT2D eigenvalue weighted by molar-refractivity contribution is 7.91. The summed E-state index contributed by atoms with van der Waals surface area (Å²) in [6.45, 7) is 1.78. The molecule has 2 fully saturated rings. The number of carbonyl (C=O) groups excluding carboxylic acids is 1. The van der Waals surface area contributed by atoms with Gasteiger partial charge in [-0.05, 0) is 24.3 Å². The second-order valence-electron chi connectivity index (χ2n) is 7.63. The fourth-order valence-corrected chi connectivity index (χ4v) is 8.13.